The number of hydrogen-bond donors (Lipinski definition) is 1. The third kappa shape index (κ3) is 4.12. The van der Waals surface area contributed by atoms with Crippen LogP contribution in [0, 0.1) is 11.3 Å². The van der Waals surface area contributed by atoms with Gasteiger partial charge in [0.1, 0.15) is 0 Å². The van der Waals surface area contributed by atoms with Gasteiger partial charge < -0.3 is 10.1 Å². The molecule has 1 saturated heterocycles. The average Bonchev–Trinajstić information content (AvgIpc) is 2.28. The summed E-state index contributed by atoms with van der Waals surface area (Å²) in [6.45, 7) is 8.59. The van der Waals surface area contributed by atoms with Crippen LogP contribution in [0.2, 0.25) is 0 Å². The number of ether oxygens (including phenoxy) is 1. The van der Waals surface area contributed by atoms with Crippen molar-refractivity contribution in [2.45, 2.75) is 46.5 Å². The number of rotatable bonds is 5. The Hall–Kier alpha value is -0.570. The molecule has 0 aromatic heterocycles. The summed E-state index contributed by atoms with van der Waals surface area (Å²) >= 11 is 0. The standard InChI is InChI=1S/C13H25NO2/c1-4-16-12(15)13(2,3)8-5-11-6-9-14-10-7-11/h11,14H,4-10H2,1-3H3. The summed E-state index contributed by atoms with van der Waals surface area (Å²) in [6.07, 6.45) is 4.59. The van der Waals surface area contributed by atoms with Gasteiger partial charge in [0.05, 0.1) is 12.0 Å². The van der Waals surface area contributed by atoms with E-state index in [9.17, 15) is 4.79 Å². The largest absolute Gasteiger partial charge is 0.466 e. The molecule has 0 aromatic carbocycles. The second-order valence-electron chi connectivity index (χ2n) is 5.34. The van der Waals surface area contributed by atoms with Crippen LogP contribution < -0.4 is 5.32 Å². The Labute approximate surface area is 98.9 Å². The van der Waals surface area contributed by atoms with Gasteiger partial charge in [0.15, 0.2) is 0 Å². The normalized spacial score (nSPS) is 18.4. The Balaban J connectivity index is 2.31. The van der Waals surface area contributed by atoms with E-state index < -0.39 is 0 Å². The van der Waals surface area contributed by atoms with Crippen LogP contribution in [0.25, 0.3) is 0 Å². The van der Waals surface area contributed by atoms with Crippen molar-refractivity contribution < 1.29 is 9.53 Å². The molecule has 0 radical (unpaired) electrons. The number of esters is 1. The van der Waals surface area contributed by atoms with Crippen LogP contribution in [0.15, 0.2) is 0 Å². The van der Waals surface area contributed by atoms with E-state index in [1.54, 1.807) is 0 Å². The fraction of sp³-hybridized carbons (Fsp3) is 0.923. The highest BCUT2D eigenvalue weighted by molar-refractivity contribution is 5.75. The lowest BCUT2D eigenvalue weighted by Gasteiger charge is -2.27. The molecule has 0 unspecified atom stereocenters. The molecule has 1 fully saturated rings. The quantitative estimate of drug-likeness (QED) is 0.733. The number of nitrogens with one attached hydrogen (secondary N) is 1. The minimum absolute atomic E-state index is 0.0519. The molecule has 0 amide bonds. The maximum atomic E-state index is 11.7. The summed E-state index contributed by atoms with van der Waals surface area (Å²) in [5.74, 6) is 0.735. The van der Waals surface area contributed by atoms with Gasteiger partial charge in [0.2, 0.25) is 0 Å². The van der Waals surface area contributed by atoms with E-state index in [0.717, 1.165) is 31.8 Å². The summed E-state index contributed by atoms with van der Waals surface area (Å²) < 4.78 is 5.10. The fourth-order valence-corrected chi connectivity index (χ4v) is 2.16. The molecule has 1 heterocycles. The van der Waals surface area contributed by atoms with E-state index >= 15 is 0 Å². The van der Waals surface area contributed by atoms with E-state index in [4.69, 9.17) is 4.74 Å². The minimum atomic E-state index is -0.319. The highest BCUT2D eigenvalue weighted by Crippen LogP contribution is 2.29. The van der Waals surface area contributed by atoms with Gasteiger partial charge in [-0.15, -0.1) is 0 Å². The Morgan fingerprint density at radius 3 is 2.56 bits per heavy atom. The van der Waals surface area contributed by atoms with Crippen LogP contribution in [-0.4, -0.2) is 25.7 Å². The van der Waals surface area contributed by atoms with E-state index in [0.29, 0.717) is 6.61 Å². The van der Waals surface area contributed by atoms with Crippen molar-refractivity contribution in [2.24, 2.45) is 11.3 Å². The first-order valence-corrected chi connectivity index (χ1v) is 6.44. The van der Waals surface area contributed by atoms with Crippen LogP contribution >= 0.6 is 0 Å². The number of carbonyl (C=O) groups excluding carboxylic acids is 1. The summed E-state index contributed by atoms with van der Waals surface area (Å²) in [5, 5.41) is 3.36. The zero-order valence-corrected chi connectivity index (χ0v) is 10.8. The van der Waals surface area contributed by atoms with E-state index in [2.05, 4.69) is 5.32 Å². The second kappa shape index (κ2) is 6.24. The molecule has 1 aliphatic heterocycles. The minimum Gasteiger partial charge on any atom is -0.466 e. The Bertz CT molecular complexity index is 220. The molecule has 0 spiro atoms. The van der Waals surface area contributed by atoms with Crippen LogP contribution in [-0.2, 0) is 9.53 Å². The first kappa shape index (κ1) is 13.5. The molecule has 0 aliphatic carbocycles. The Morgan fingerprint density at radius 1 is 1.38 bits per heavy atom. The van der Waals surface area contributed by atoms with Gasteiger partial charge in [-0.2, -0.15) is 0 Å². The summed E-state index contributed by atoms with van der Waals surface area (Å²) in [4.78, 5) is 11.7. The van der Waals surface area contributed by atoms with Gasteiger partial charge in [0, 0.05) is 0 Å². The Morgan fingerprint density at radius 2 is 2.00 bits per heavy atom. The van der Waals surface area contributed by atoms with Crippen molar-refractivity contribution in [1.82, 2.24) is 5.32 Å². The van der Waals surface area contributed by atoms with E-state index in [-0.39, 0.29) is 11.4 Å². The van der Waals surface area contributed by atoms with Crippen LogP contribution in [0.4, 0.5) is 0 Å². The predicted octanol–water partition coefficient (Wildman–Crippen LogP) is 2.36. The van der Waals surface area contributed by atoms with Gasteiger partial charge in [-0.25, -0.2) is 0 Å². The van der Waals surface area contributed by atoms with Crippen LogP contribution in [0.3, 0.4) is 0 Å². The maximum absolute atomic E-state index is 11.7. The van der Waals surface area contributed by atoms with Crippen LogP contribution in [0.1, 0.15) is 46.5 Å². The monoisotopic (exact) mass is 227 g/mol. The van der Waals surface area contributed by atoms with Crippen LogP contribution in [0.5, 0.6) is 0 Å². The third-order valence-electron chi connectivity index (χ3n) is 3.46. The zero-order chi connectivity index (χ0) is 12.0. The number of piperidine rings is 1. The summed E-state index contributed by atoms with van der Waals surface area (Å²) in [6, 6.07) is 0. The van der Waals surface area contributed by atoms with Crippen molar-refractivity contribution >= 4 is 5.97 Å². The third-order valence-corrected chi connectivity index (χ3v) is 3.46. The van der Waals surface area contributed by atoms with Crippen molar-refractivity contribution in [1.29, 1.82) is 0 Å². The topological polar surface area (TPSA) is 38.3 Å². The lowest BCUT2D eigenvalue weighted by Crippen LogP contribution is -2.31. The molecule has 94 valence electrons. The molecule has 0 bridgehead atoms. The lowest BCUT2D eigenvalue weighted by molar-refractivity contribution is -0.154. The molecule has 16 heavy (non-hydrogen) atoms. The van der Waals surface area contributed by atoms with E-state index in [1.165, 1.54) is 12.8 Å². The van der Waals surface area contributed by atoms with Crippen molar-refractivity contribution in [3.63, 3.8) is 0 Å². The molecule has 1 N–H and O–H groups in total. The lowest BCUT2D eigenvalue weighted by atomic mass is 9.82. The molecule has 0 saturated carbocycles. The second-order valence-corrected chi connectivity index (χ2v) is 5.34. The molecule has 0 atom stereocenters. The van der Waals surface area contributed by atoms with Crippen molar-refractivity contribution in [3.05, 3.63) is 0 Å². The zero-order valence-electron chi connectivity index (χ0n) is 10.8. The maximum Gasteiger partial charge on any atom is 0.311 e. The first-order valence-electron chi connectivity index (χ1n) is 6.44. The first-order chi connectivity index (χ1) is 7.56. The molecule has 0 aromatic rings. The molecule has 3 nitrogen and oxygen atoms in total. The SMILES string of the molecule is CCOC(=O)C(C)(C)CCC1CCNCC1. The molecule has 3 heteroatoms. The fourth-order valence-electron chi connectivity index (χ4n) is 2.16. The average molecular weight is 227 g/mol. The molecular weight excluding hydrogens is 202 g/mol. The number of carbonyl (C=O) groups is 1. The van der Waals surface area contributed by atoms with E-state index in [1.807, 2.05) is 20.8 Å². The summed E-state index contributed by atoms with van der Waals surface area (Å²) in [5.41, 5.74) is -0.319. The van der Waals surface area contributed by atoms with Gasteiger partial charge in [-0.05, 0) is 65.5 Å². The molecule has 1 aliphatic rings. The van der Waals surface area contributed by atoms with Gasteiger partial charge in [0.25, 0.3) is 0 Å². The van der Waals surface area contributed by atoms with Crippen molar-refractivity contribution in [2.75, 3.05) is 19.7 Å². The van der Waals surface area contributed by atoms with Gasteiger partial charge in [-0.3, -0.25) is 4.79 Å². The molecule has 1 rings (SSSR count). The van der Waals surface area contributed by atoms with Gasteiger partial charge >= 0.3 is 5.97 Å². The Kier molecular flexibility index (Phi) is 5.26. The highest BCUT2D eigenvalue weighted by Gasteiger charge is 2.29. The highest BCUT2D eigenvalue weighted by atomic mass is 16.5. The smallest absolute Gasteiger partial charge is 0.311 e. The predicted molar refractivity (Wildman–Crippen MR) is 65.2 cm³/mol. The van der Waals surface area contributed by atoms with Gasteiger partial charge in [-0.1, -0.05) is 0 Å². The summed E-state index contributed by atoms with van der Waals surface area (Å²) in [7, 11) is 0. The van der Waals surface area contributed by atoms with Crippen molar-refractivity contribution in [3.8, 4) is 0 Å². The molecular formula is C13H25NO2. The number of hydrogen-bond acceptors (Lipinski definition) is 3.